The van der Waals surface area contributed by atoms with Gasteiger partial charge in [0.1, 0.15) is 5.75 Å². The van der Waals surface area contributed by atoms with Gasteiger partial charge < -0.3 is 9.64 Å². The second kappa shape index (κ2) is 7.82. The summed E-state index contributed by atoms with van der Waals surface area (Å²) >= 11 is 0. The van der Waals surface area contributed by atoms with Gasteiger partial charge >= 0.3 is 0 Å². The molecule has 1 aromatic rings. The highest BCUT2D eigenvalue weighted by Crippen LogP contribution is 2.27. The normalized spacial score (nSPS) is 12.3. The molecular formula is C15H21F2NO2. The van der Waals surface area contributed by atoms with Crippen molar-refractivity contribution in [3.05, 3.63) is 29.8 Å². The lowest BCUT2D eigenvalue weighted by Gasteiger charge is -2.26. The molecule has 0 bridgehead atoms. The molecule has 0 saturated heterocycles. The highest BCUT2D eigenvalue weighted by molar-refractivity contribution is 5.84. The van der Waals surface area contributed by atoms with E-state index < -0.39 is 18.9 Å². The third-order valence-electron chi connectivity index (χ3n) is 3.14. The van der Waals surface area contributed by atoms with Crippen LogP contribution in [0, 0.1) is 0 Å². The number of ether oxygens (including phenoxy) is 1. The van der Waals surface area contributed by atoms with Crippen molar-refractivity contribution >= 4 is 5.91 Å². The van der Waals surface area contributed by atoms with Crippen LogP contribution in [-0.4, -0.2) is 37.4 Å². The van der Waals surface area contributed by atoms with Gasteiger partial charge in [-0.1, -0.05) is 25.1 Å². The molecule has 5 heteroatoms. The largest absolute Gasteiger partial charge is 0.496 e. The molecule has 0 fully saturated rings. The van der Waals surface area contributed by atoms with Gasteiger partial charge in [-0.15, -0.1) is 0 Å². The summed E-state index contributed by atoms with van der Waals surface area (Å²) in [7, 11) is 1.53. The summed E-state index contributed by atoms with van der Waals surface area (Å²) < 4.78 is 30.3. The zero-order valence-corrected chi connectivity index (χ0v) is 12.1. The van der Waals surface area contributed by atoms with Crippen LogP contribution in [0.4, 0.5) is 8.78 Å². The molecule has 0 N–H and O–H groups in total. The van der Waals surface area contributed by atoms with E-state index in [1.807, 2.05) is 13.0 Å². The first-order valence-corrected chi connectivity index (χ1v) is 6.71. The Morgan fingerprint density at radius 2 is 2.00 bits per heavy atom. The van der Waals surface area contributed by atoms with Gasteiger partial charge in [0, 0.05) is 12.1 Å². The van der Waals surface area contributed by atoms with E-state index in [-0.39, 0.29) is 5.91 Å². The number of carbonyl (C=O) groups is 1. The van der Waals surface area contributed by atoms with E-state index in [2.05, 4.69) is 0 Å². The van der Waals surface area contributed by atoms with Crippen LogP contribution in [0.1, 0.15) is 31.7 Å². The molecule has 0 heterocycles. The molecule has 1 aromatic carbocycles. The molecule has 0 aliphatic carbocycles. The molecule has 0 aliphatic heterocycles. The Balaban J connectivity index is 2.92. The molecule has 0 saturated carbocycles. The van der Waals surface area contributed by atoms with Gasteiger partial charge in [-0.05, 0) is 19.4 Å². The fraction of sp³-hybridized carbons (Fsp3) is 0.533. The Kier molecular flexibility index (Phi) is 6.42. The maximum atomic E-state index is 12.6. The summed E-state index contributed by atoms with van der Waals surface area (Å²) in [6.07, 6.45) is -1.87. The van der Waals surface area contributed by atoms with Gasteiger partial charge in [-0.3, -0.25) is 4.79 Å². The number of alkyl halides is 2. The predicted octanol–water partition coefficient (Wildman–Crippen LogP) is 3.30. The third kappa shape index (κ3) is 4.18. The standard InChI is InChI=1S/C15H21F2NO2/c1-4-9-18(10-14(16)17)15(19)11(2)12-7-5-6-8-13(12)20-3/h5-8,11,14H,4,9-10H2,1-3H3. The van der Waals surface area contributed by atoms with Gasteiger partial charge in [-0.25, -0.2) is 8.78 Å². The van der Waals surface area contributed by atoms with Crippen molar-refractivity contribution in [1.82, 2.24) is 4.90 Å². The lowest BCUT2D eigenvalue weighted by atomic mass is 9.98. The van der Waals surface area contributed by atoms with E-state index in [0.717, 1.165) is 5.56 Å². The van der Waals surface area contributed by atoms with Crippen LogP contribution in [0.3, 0.4) is 0 Å². The summed E-state index contributed by atoms with van der Waals surface area (Å²) in [6, 6.07) is 7.16. The van der Waals surface area contributed by atoms with Crippen molar-refractivity contribution in [2.24, 2.45) is 0 Å². The number of para-hydroxylation sites is 1. The maximum Gasteiger partial charge on any atom is 0.255 e. The third-order valence-corrected chi connectivity index (χ3v) is 3.14. The molecule has 3 nitrogen and oxygen atoms in total. The van der Waals surface area contributed by atoms with Gasteiger partial charge in [0.25, 0.3) is 6.43 Å². The predicted molar refractivity (Wildman–Crippen MR) is 74.3 cm³/mol. The Bertz CT molecular complexity index is 438. The van der Waals surface area contributed by atoms with E-state index in [1.165, 1.54) is 12.0 Å². The molecule has 1 unspecified atom stereocenters. The van der Waals surface area contributed by atoms with Crippen LogP contribution < -0.4 is 4.74 Å². The second-order valence-corrected chi connectivity index (χ2v) is 4.64. The number of amides is 1. The summed E-state index contributed by atoms with van der Waals surface area (Å²) in [6.45, 7) is 3.39. The highest BCUT2D eigenvalue weighted by atomic mass is 19.3. The lowest BCUT2D eigenvalue weighted by Crippen LogP contribution is -2.38. The van der Waals surface area contributed by atoms with Crippen LogP contribution in [0.2, 0.25) is 0 Å². The zero-order chi connectivity index (χ0) is 15.1. The Morgan fingerprint density at radius 3 is 2.55 bits per heavy atom. The van der Waals surface area contributed by atoms with Crippen molar-refractivity contribution in [1.29, 1.82) is 0 Å². The van der Waals surface area contributed by atoms with Crippen LogP contribution in [0.5, 0.6) is 5.75 Å². The van der Waals surface area contributed by atoms with Crippen LogP contribution in [0.25, 0.3) is 0 Å². The quantitative estimate of drug-likeness (QED) is 0.769. The zero-order valence-electron chi connectivity index (χ0n) is 12.1. The van der Waals surface area contributed by atoms with E-state index in [9.17, 15) is 13.6 Å². The molecule has 0 radical (unpaired) electrons. The van der Waals surface area contributed by atoms with E-state index in [1.54, 1.807) is 25.1 Å². The number of halogens is 2. The molecule has 0 aromatic heterocycles. The van der Waals surface area contributed by atoms with Crippen molar-refractivity contribution in [2.45, 2.75) is 32.6 Å². The Hall–Kier alpha value is -1.65. The molecule has 0 spiro atoms. The summed E-state index contributed by atoms with van der Waals surface area (Å²) in [4.78, 5) is 13.6. The molecule has 112 valence electrons. The van der Waals surface area contributed by atoms with Gasteiger partial charge in [-0.2, -0.15) is 0 Å². The number of benzene rings is 1. The topological polar surface area (TPSA) is 29.5 Å². The number of hydrogen-bond donors (Lipinski definition) is 0. The van der Waals surface area contributed by atoms with Crippen molar-refractivity contribution in [2.75, 3.05) is 20.2 Å². The van der Waals surface area contributed by atoms with Crippen LogP contribution in [0.15, 0.2) is 24.3 Å². The first-order chi connectivity index (χ1) is 9.51. The molecule has 1 rings (SSSR count). The van der Waals surface area contributed by atoms with Gasteiger partial charge in [0.05, 0.1) is 19.6 Å². The SMILES string of the molecule is CCCN(CC(F)F)C(=O)C(C)c1ccccc1OC. The van der Waals surface area contributed by atoms with Gasteiger partial charge in [0.15, 0.2) is 0 Å². The fourth-order valence-corrected chi connectivity index (χ4v) is 2.16. The Labute approximate surface area is 118 Å². The molecule has 1 amide bonds. The number of carbonyl (C=O) groups excluding carboxylic acids is 1. The fourth-order valence-electron chi connectivity index (χ4n) is 2.16. The summed E-state index contributed by atoms with van der Waals surface area (Å²) in [5.41, 5.74) is 0.718. The molecule has 0 aliphatic rings. The van der Waals surface area contributed by atoms with Crippen LogP contribution >= 0.6 is 0 Å². The van der Waals surface area contributed by atoms with Crippen molar-refractivity contribution < 1.29 is 18.3 Å². The van der Waals surface area contributed by atoms with Crippen molar-refractivity contribution in [3.63, 3.8) is 0 Å². The summed E-state index contributed by atoms with van der Waals surface area (Å²) in [5.74, 6) is -0.199. The number of hydrogen-bond acceptors (Lipinski definition) is 2. The van der Waals surface area contributed by atoms with E-state index in [0.29, 0.717) is 18.7 Å². The van der Waals surface area contributed by atoms with E-state index >= 15 is 0 Å². The number of rotatable bonds is 7. The molecular weight excluding hydrogens is 264 g/mol. The second-order valence-electron chi connectivity index (χ2n) is 4.64. The Morgan fingerprint density at radius 1 is 1.35 bits per heavy atom. The maximum absolute atomic E-state index is 12.6. The average Bonchev–Trinajstić information content (AvgIpc) is 2.44. The molecule has 1 atom stereocenters. The van der Waals surface area contributed by atoms with Gasteiger partial charge in [0.2, 0.25) is 5.91 Å². The number of nitrogens with zero attached hydrogens (tertiary/aromatic N) is 1. The van der Waals surface area contributed by atoms with Crippen molar-refractivity contribution in [3.8, 4) is 5.75 Å². The van der Waals surface area contributed by atoms with E-state index in [4.69, 9.17) is 4.74 Å². The minimum absolute atomic E-state index is 0.295. The first kappa shape index (κ1) is 16.4. The monoisotopic (exact) mass is 285 g/mol. The molecule has 20 heavy (non-hydrogen) atoms. The first-order valence-electron chi connectivity index (χ1n) is 6.71. The summed E-state index contributed by atoms with van der Waals surface area (Å²) in [5, 5.41) is 0. The van der Waals surface area contributed by atoms with Crippen LogP contribution in [-0.2, 0) is 4.79 Å². The smallest absolute Gasteiger partial charge is 0.255 e. The minimum atomic E-state index is -2.52. The highest BCUT2D eigenvalue weighted by Gasteiger charge is 2.25. The lowest BCUT2D eigenvalue weighted by molar-refractivity contribution is -0.134. The minimum Gasteiger partial charge on any atom is -0.496 e. The average molecular weight is 285 g/mol. The number of methoxy groups -OCH3 is 1.